The van der Waals surface area contributed by atoms with Gasteiger partial charge in [-0.3, -0.25) is 4.79 Å². The molecule has 0 spiro atoms. The van der Waals surface area contributed by atoms with Gasteiger partial charge in [-0.25, -0.2) is 4.39 Å². The molecule has 0 aliphatic heterocycles. The Morgan fingerprint density at radius 3 is 2.46 bits per heavy atom. The Kier molecular flexibility index (Phi) is 7.74. The molecule has 1 aliphatic rings. The van der Waals surface area contributed by atoms with E-state index in [2.05, 4.69) is 19.9 Å². The predicted molar refractivity (Wildman–Crippen MR) is 135 cm³/mol. The first-order valence-corrected chi connectivity index (χ1v) is 12.2. The largest absolute Gasteiger partial charge is 0.497 e. The van der Waals surface area contributed by atoms with Crippen molar-refractivity contribution < 1.29 is 23.8 Å². The zero-order valence-corrected chi connectivity index (χ0v) is 20.6. The van der Waals surface area contributed by atoms with E-state index < -0.39 is 5.97 Å². The lowest BCUT2D eigenvalue weighted by atomic mass is 9.91. The Bertz CT molecular complexity index is 1180. The number of hydrogen-bond donors (Lipinski definition) is 1. The van der Waals surface area contributed by atoms with Crippen molar-refractivity contribution in [2.24, 2.45) is 17.8 Å². The van der Waals surface area contributed by atoms with Gasteiger partial charge in [0.05, 0.1) is 13.0 Å². The molecule has 0 amide bonds. The Morgan fingerprint density at radius 2 is 1.77 bits per heavy atom. The van der Waals surface area contributed by atoms with Gasteiger partial charge in [-0.15, -0.1) is 0 Å². The van der Waals surface area contributed by atoms with Crippen molar-refractivity contribution >= 4 is 5.97 Å². The van der Waals surface area contributed by atoms with Crippen LogP contribution in [0, 0.1) is 23.6 Å². The van der Waals surface area contributed by atoms with Gasteiger partial charge >= 0.3 is 5.97 Å². The summed E-state index contributed by atoms with van der Waals surface area (Å²) < 4.78 is 26.1. The van der Waals surface area contributed by atoms with Gasteiger partial charge in [0.25, 0.3) is 0 Å². The van der Waals surface area contributed by atoms with Crippen LogP contribution in [0.1, 0.15) is 43.4 Å². The summed E-state index contributed by atoms with van der Waals surface area (Å²) >= 11 is 0. The normalized spacial score (nSPS) is 14.1. The van der Waals surface area contributed by atoms with E-state index in [1.54, 1.807) is 19.2 Å². The maximum atomic E-state index is 14.7. The van der Waals surface area contributed by atoms with Crippen LogP contribution >= 0.6 is 0 Å². The third-order valence-electron chi connectivity index (χ3n) is 6.53. The first kappa shape index (κ1) is 24.8. The first-order chi connectivity index (χ1) is 16.8. The number of carbonyl (C=O) groups is 1. The lowest BCUT2D eigenvalue weighted by molar-refractivity contribution is -0.142. The molecule has 4 rings (SSSR count). The number of rotatable bonds is 11. The van der Waals surface area contributed by atoms with Crippen molar-refractivity contribution in [1.82, 2.24) is 0 Å². The molecular formula is C30H33FO4. The van der Waals surface area contributed by atoms with E-state index in [4.69, 9.17) is 9.47 Å². The fraction of sp³-hybridized carbons (Fsp3) is 0.367. The van der Waals surface area contributed by atoms with Gasteiger partial charge in [-0.1, -0.05) is 44.2 Å². The molecule has 1 atom stereocenters. The second-order valence-electron chi connectivity index (χ2n) is 9.86. The van der Waals surface area contributed by atoms with Gasteiger partial charge in [0, 0.05) is 5.56 Å². The summed E-state index contributed by atoms with van der Waals surface area (Å²) in [5.41, 5.74) is 4.44. The van der Waals surface area contributed by atoms with Crippen LogP contribution in [0.4, 0.5) is 4.39 Å². The minimum atomic E-state index is -0.718. The van der Waals surface area contributed by atoms with E-state index in [0.717, 1.165) is 47.3 Å². The Morgan fingerprint density at radius 1 is 0.971 bits per heavy atom. The van der Waals surface area contributed by atoms with Crippen molar-refractivity contribution in [3.8, 4) is 22.6 Å². The Balaban J connectivity index is 1.52. The molecule has 35 heavy (non-hydrogen) atoms. The average Bonchev–Trinajstić information content (AvgIpc) is 3.67. The molecule has 0 bridgehead atoms. The van der Waals surface area contributed by atoms with Crippen molar-refractivity contribution in [2.75, 3.05) is 7.11 Å². The number of methoxy groups -OCH3 is 1. The van der Waals surface area contributed by atoms with Gasteiger partial charge in [0.15, 0.2) is 0 Å². The van der Waals surface area contributed by atoms with E-state index >= 15 is 0 Å². The van der Waals surface area contributed by atoms with E-state index in [9.17, 15) is 14.3 Å². The van der Waals surface area contributed by atoms with Crippen LogP contribution in [0.5, 0.6) is 11.5 Å². The fourth-order valence-electron chi connectivity index (χ4n) is 4.58. The zero-order valence-electron chi connectivity index (χ0n) is 20.6. The van der Waals surface area contributed by atoms with Crippen LogP contribution in [0.3, 0.4) is 0 Å². The van der Waals surface area contributed by atoms with E-state index in [1.807, 2.05) is 36.4 Å². The smallest absolute Gasteiger partial charge is 0.307 e. The number of aliphatic carboxylic acids is 1. The summed E-state index contributed by atoms with van der Waals surface area (Å²) in [6.45, 7) is 4.67. The molecule has 0 saturated heterocycles. The highest BCUT2D eigenvalue weighted by Crippen LogP contribution is 2.39. The number of ether oxygens (including phenoxy) is 2. The number of carboxylic acid groups (broad SMARTS) is 1. The number of benzene rings is 3. The lowest BCUT2D eigenvalue weighted by Gasteiger charge is -2.16. The number of carboxylic acids is 1. The monoisotopic (exact) mass is 476 g/mol. The van der Waals surface area contributed by atoms with Gasteiger partial charge in [0.1, 0.15) is 23.9 Å². The maximum absolute atomic E-state index is 14.7. The van der Waals surface area contributed by atoms with Crippen LogP contribution in [0.15, 0.2) is 60.7 Å². The predicted octanol–water partition coefficient (Wildman–Crippen LogP) is 6.93. The molecular weight excluding hydrogens is 443 g/mol. The van der Waals surface area contributed by atoms with Gasteiger partial charge < -0.3 is 14.6 Å². The van der Waals surface area contributed by atoms with E-state index in [1.165, 1.54) is 6.07 Å². The molecule has 1 N–H and O–H groups in total. The Labute approximate surface area is 206 Å². The lowest BCUT2D eigenvalue weighted by Crippen LogP contribution is -2.18. The summed E-state index contributed by atoms with van der Waals surface area (Å²) in [6, 6.07) is 18.5. The molecule has 184 valence electrons. The molecule has 3 aromatic rings. The van der Waals surface area contributed by atoms with Crippen molar-refractivity contribution in [3.05, 3.63) is 83.2 Å². The SMILES string of the molecule is COc1ccc(F)c(-c2ccc(COc3cccc(CC(C(=O)O)C4CC4)c3)cc2CC(C)C)c1. The summed E-state index contributed by atoms with van der Waals surface area (Å²) in [7, 11) is 1.58. The Hall–Kier alpha value is -3.34. The highest BCUT2D eigenvalue weighted by atomic mass is 19.1. The van der Waals surface area contributed by atoms with Gasteiger partial charge in [-0.2, -0.15) is 0 Å². The van der Waals surface area contributed by atoms with Crippen molar-refractivity contribution in [2.45, 2.75) is 46.1 Å². The average molecular weight is 477 g/mol. The molecule has 1 aliphatic carbocycles. The van der Waals surface area contributed by atoms with Crippen LogP contribution in [0.25, 0.3) is 11.1 Å². The maximum Gasteiger partial charge on any atom is 0.307 e. The van der Waals surface area contributed by atoms with Crippen LogP contribution < -0.4 is 9.47 Å². The second kappa shape index (κ2) is 10.9. The summed E-state index contributed by atoms with van der Waals surface area (Å²) in [4.78, 5) is 11.6. The third-order valence-corrected chi connectivity index (χ3v) is 6.53. The number of halogens is 1. The van der Waals surface area contributed by atoms with Crippen LogP contribution in [0.2, 0.25) is 0 Å². The quantitative estimate of drug-likeness (QED) is 0.326. The standard InChI is InChI=1S/C30H33FO4/c1-19(2)13-23-14-21(7-11-26(23)28-17-24(34-3)10-12-29(28)31)18-35-25-6-4-5-20(15-25)16-27(30(32)33)22-8-9-22/h4-7,10-12,14-15,17,19,22,27H,8-9,13,16,18H2,1-3H3,(H,32,33). The van der Waals surface area contributed by atoms with Gasteiger partial charge in [-0.05, 0) is 90.1 Å². The molecule has 3 aromatic carbocycles. The van der Waals surface area contributed by atoms with Crippen molar-refractivity contribution in [1.29, 1.82) is 0 Å². The number of hydrogen-bond acceptors (Lipinski definition) is 3. The second-order valence-corrected chi connectivity index (χ2v) is 9.86. The highest BCUT2D eigenvalue weighted by molar-refractivity contribution is 5.71. The zero-order chi connectivity index (χ0) is 24.9. The minimum absolute atomic E-state index is 0.275. The minimum Gasteiger partial charge on any atom is -0.497 e. The molecule has 0 heterocycles. The van der Waals surface area contributed by atoms with Crippen molar-refractivity contribution in [3.63, 3.8) is 0 Å². The van der Waals surface area contributed by atoms with Crippen LogP contribution in [-0.4, -0.2) is 18.2 Å². The summed E-state index contributed by atoms with van der Waals surface area (Å²) in [5, 5.41) is 9.54. The molecule has 4 nitrogen and oxygen atoms in total. The highest BCUT2D eigenvalue weighted by Gasteiger charge is 2.36. The molecule has 1 fully saturated rings. The third kappa shape index (κ3) is 6.41. The first-order valence-electron chi connectivity index (χ1n) is 12.2. The molecule has 0 aromatic heterocycles. The van der Waals surface area contributed by atoms with Gasteiger partial charge in [0.2, 0.25) is 0 Å². The fourth-order valence-corrected chi connectivity index (χ4v) is 4.58. The summed E-state index contributed by atoms with van der Waals surface area (Å²) in [5.74, 6) is 0.722. The van der Waals surface area contributed by atoms with E-state index in [-0.39, 0.29) is 11.7 Å². The molecule has 5 heteroatoms. The molecule has 1 saturated carbocycles. The molecule has 0 radical (unpaired) electrons. The van der Waals surface area contributed by atoms with E-state index in [0.29, 0.717) is 36.2 Å². The molecule has 1 unspecified atom stereocenters. The topological polar surface area (TPSA) is 55.8 Å². The summed E-state index contributed by atoms with van der Waals surface area (Å²) in [6.07, 6.45) is 3.34. The van der Waals surface area contributed by atoms with Crippen LogP contribution in [-0.2, 0) is 24.2 Å².